The molecule has 0 aliphatic carbocycles. The Balaban J connectivity index is 1.73. The summed E-state index contributed by atoms with van der Waals surface area (Å²) in [5.41, 5.74) is 0. The van der Waals surface area contributed by atoms with E-state index in [1.165, 1.54) is 9.21 Å². The van der Waals surface area contributed by atoms with Crippen molar-refractivity contribution in [3.05, 3.63) is 30.3 Å². The van der Waals surface area contributed by atoms with E-state index in [2.05, 4.69) is 5.32 Å². The molecule has 1 saturated heterocycles. The van der Waals surface area contributed by atoms with Crippen LogP contribution in [0.25, 0.3) is 0 Å². The fraction of sp³-hybridized carbons (Fsp3) is 0.500. The summed E-state index contributed by atoms with van der Waals surface area (Å²) in [7, 11) is -3.53. The van der Waals surface area contributed by atoms with E-state index in [-0.39, 0.29) is 45.1 Å². The lowest BCUT2D eigenvalue weighted by atomic mass is 10.3. The molecule has 0 radical (unpaired) electrons. The van der Waals surface area contributed by atoms with E-state index in [1.807, 2.05) is 0 Å². The molecule has 1 heterocycles. The van der Waals surface area contributed by atoms with Gasteiger partial charge in [0.25, 0.3) is 0 Å². The fourth-order valence-electron chi connectivity index (χ4n) is 2.41. The van der Waals surface area contributed by atoms with Crippen molar-refractivity contribution in [1.82, 2.24) is 14.5 Å². The first-order chi connectivity index (χ1) is 12.4. The van der Waals surface area contributed by atoms with Crippen molar-refractivity contribution in [1.29, 1.82) is 0 Å². The quantitative estimate of drug-likeness (QED) is 0.779. The lowest BCUT2D eigenvalue weighted by Crippen LogP contribution is -2.51. The van der Waals surface area contributed by atoms with Crippen molar-refractivity contribution in [2.75, 3.05) is 45.1 Å². The maximum absolute atomic E-state index is 12.3. The van der Waals surface area contributed by atoms with Crippen LogP contribution >= 0.6 is 0 Å². The number of piperazine rings is 1. The largest absolute Gasteiger partial charge is 0.450 e. The summed E-state index contributed by atoms with van der Waals surface area (Å²) < 4.78 is 35.9. The van der Waals surface area contributed by atoms with Crippen LogP contribution in [-0.2, 0) is 14.8 Å². The van der Waals surface area contributed by atoms with Crippen LogP contribution in [0.4, 0.5) is 9.59 Å². The van der Waals surface area contributed by atoms with Gasteiger partial charge in [-0.3, -0.25) is 0 Å². The van der Waals surface area contributed by atoms with E-state index >= 15 is 0 Å². The van der Waals surface area contributed by atoms with Gasteiger partial charge in [-0.15, -0.1) is 0 Å². The van der Waals surface area contributed by atoms with E-state index in [4.69, 9.17) is 9.47 Å². The molecule has 0 unspecified atom stereocenters. The molecule has 1 aliphatic rings. The Labute approximate surface area is 152 Å². The monoisotopic (exact) mass is 385 g/mol. The Morgan fingerprint density at radius 3 is 2.38 bits per heavy atom. The molecule has 1 fully saturated rings. The second-order valence-corrected chi connectivity index (χ2v) is 7.62. The predicted molar refractivity (Wildman–Crippen MR) is 94.4 cm³/mol. The van der Waals surface area contributed by atoms with Crippen LogP contribution in [0.3, 0.4) is 0 Å². The van der Waals surface area contributed by atoms with Gasteiger partial charge in [0, 0.05) is 32.7 Å². The number of ether oxygens (including phenoxy) is 2. The van der Waals surface area contributed by atoms with Gasteiger partial charge >= 0.3 is 12.2 Å². The van der Waals surface area contributed by atoms with Gasteiger partial charge in [0.1, 0.15) is 5.75 Å². The molecule has 0 bridgehead atoms. The number of amides is 2. The van der Waals surface area contributed by atoms with E-state index in [9.17, 15) is 18.0 Å². The van der Waals surface area contributed by atoms with Crippen molar-refractivity contribution in [2.24, 2.45) is 0 Å². The Morgan fingerprint density at radius 1 is 1.12 bits per heavy atom. The second-order valence-electron chi connectivity index (χ2n) is 5.53. The number of nitrogens with one attached hydrogen (secondary N) is 1. The minimum Gasteiger partial charge on any atom is -0.450 e. The lowest BCUT2D eigenvalue weighted by Gasteiger charge is -2.33. The van der Waals surface area contributed by atoms with Crippen molar-refractivity contribution >= 4 is 22.2 Å². The lowest BCUT2D eigenvalue weighted by molar-refractivity contribution is 0.0934. The fourth-order valence-corrected chi connectivity index (χ4v) is 3.74. The third kappa shape index (κ3) is 5.88. The predicted octanol–water partition coefficient (Wildman–Crippen LogP) is 0.879. The highest BCUT2D eigenvalue weighted by molar-refractivity contribution is 7.89. The molecule has 1 aromatic rings. The number of sulfonamides is 1. The van der Waals surface area contributed by atoms with E-state index < -0.39 is 22.2 Å². The van der Waals surface area contributed by atoms with Gasteiger partial charge in [0.15, 0.2) is 0 Å². The van der Waals surface area contributed by atoms with E-state index in [0.717, 1.165) is 0 Å². The van der Waals surface area contributed by atoms with Crippen molar-refractivity contribution in [2.45, 2.75) is 6.92 Å². The molecule has 0 saturated carbocycles. The third-order valence-electron chi connectivity index (χ3n) is 3.74. The zero-order valence-electron chi connectivity index (χ0n) is 14.6. The first-order valence-electron chi connectivity index (χ1n) is 8.32. The normalized spacial score (nSPS) is 15.3. The minimum atomic E-state index is -3.53. The van der Waals surface area contributed by atoms with E-state index in [0.29, 0.717) is 5.75 Å². The molecule has 1 aromatic carbocycles. The summed E-state index contributed by atoms with van der Waals surface area (Å²) in [6.07, 6.45) is -1.14. The second kappa shape index (κ2) is 9.39. The molecule has 26 heavy (non-hydrogen) atoms. The van der Waals surface area contributed by atoms with Crippen LogP contribution in [0.15, 0.2) is 30.3 Å². The topological polar surface area (TPSA) is 105 Å². The molecule has 0 spiro atoms. The van der Waals surface area contributed by atoms with Gasteiger partial charge in [-0.25, -0.2) is 18.0 Å². The Hall–Kier alpha value is -2.33. The van der Waals surface area contributed by atoms with Crippen LogP contribution < -0.4 is 10.1 Å². The standard InChI is InChI=1S/C16H23N3O6S/c1-2-24-16(21)18-9-11-19(12-10-18)26(22,23)13-8-17-15(20)25-14-6-4-3-5-7-14/h3-7H,2,8-13H2,1H3,(H,17,20). The Kier molecular flexibility index (Phi) is 7.22. The van der Waals surface area contributed by atoms with Gasteiger partial charge in [-0.05, 0) is 19.1 Å². The molecule has 2 amide bonds. The van der Waals surface area contributed by atoms with Crippen LogP contribution in [0.1, 0.15) is 6.92 Å². The maximum atomic E-state index is 12.3. The molecule has 1 N–H and O–H groups in total. The summed E-state index contributed by atoms with van der Waals surface area (Å²) in [6, 6.07) is 8.49. The molecule has 0 aromatic heterocycles. The van der Waals surface area contributed by atoms with Crippen LogP contribution in [0.2, 0.25) is 0 Å². The minimum absolute atomic E-state index is 0.0634. The molecule has 2 rings (SSSR count). The van der Waals surface area contributed by atoms with Gasteiger partial charge in [-0.2, -0.15) is 4.31 Å². The van der Waals surface area contributed by atoms with Gasteiger partial charge in [0.2, 0.25) is 10.0 Å². The number of nitrogens with zero attached hydrogens (tertiary/aromatic N) is 2. The average Bonchev–Trinajstić information content (AvgIpc) is 2.62. The zero-order chi connectivity index (χ0) is 19.0. The number of hydrogen-bond acceptors (Lipinski definition) is 6. The van der Waals surface area contributed by atoms with E-state index in [1.54, 1.807) is 37.3 Å². The molecule has 9 nitrogen and oxygen atoms in total. The third-order valence-corrected chi connectivity index (χ3v) is 5.61. The number of benzene rings is 1. The van der Waals surface area contributed by atoms with Crippen molar-refractivity contribution < 1.29 is 27.5 Å². The summed E-state index contributed by atoms with van der Waals surface area (Å²) in [4.78, 5) is 24.8. The molecular formula is C16H23N3O6S. The molecular weight excluding hydrogens is 362 g/mol. The summed E-state index contributed by atoms with van der Waals surface area (Å²) >= 11 is 0. The first-order valence-corrected chi connectivity index (χ1v) is 9.93. The van der Waals surface area contributed by atoms with Gasteiger partial charge in [0.05, 0.1) is 12.4 Å². The highest BCUT2D eigenvalue weighted by atomic mass is 32.2. The number of carbonyl (C=O) groups excluding carboxylic acids is 2. The number of rotatable bonds is 6. The van der Waals surface area contributed by atoms with Crippen LogP contribution in [0.5, 0.6) is 5.75 Å². The summed E-state index contributed by atoms with van der Waals surface area (Å²) in [5, 5.41) is 2.42. The Morgan fingerprint density at radius 2 is 1.77 bits per heavy atom. The first kappa shape index (κ1) is 20.0. The highest BCUT2D eigenvalue weighted by Gasteiger charge is 2.29. The molecule has 144 valence electrons. The number of hydrogen-bond donors (Lipinski definition) is 1. The van der Waals surface area contributed by atoms with Gasteiger partial charge in [-0.1, -0.05) is 18.2 Å². The van der Waals surface area contributed by atoms with Crippen LogP contribution in [0, 0.1) is 0 Å². The molecule has 10 heteroatoms. The van der Waals surface area contributed by atoms with Crippen LogP contribution in [-0.4, -0.2) is 74.9 Å². The van der Waals surface area contributed by atoms with Gasteiger partial charge < -0.3 is 19.7 Å². The maximum Gasteiger partial charge on any atom is 0.412 e. The summed E-state index contributed by atoms with van der Waals surface area (Å²) in [6.45, 7) is 2.90. The van der Waals surface area contributed by atoms with Crippen molar-refractivity contribution in [3.63, 3.8) is 0 Å². The highest BCUT2D eigenvalue weighted by Crippen LogP contribution is 2.10. The zero-order valence-corrected chi connectivity index (χ0v) is 15.4. The smallest absolute Gasteiger partial charge is 0.412 e. The average molecular weight is 385 g/mol. The molecule has 0 atom stereocenters. The van der Waals surface area contributed by atoms with Crippen molar-refractivity contribution in [3.8, 4) is 5.75 Å². The molecule has 1 aliphatic heterocycles. The number of para-hydroxylation sites is 1. The SMILES string of the molecule is CCOC(=O)N1CCN(S(=O)(=O)CCNC(=O)Oc2ccccc2)CC1. The summed E-state index contributed by atoms with van der Waals surface area (Å²) in [5.74, 6) is 0.138. The number of carbonyl (C=O) groups is 2. The Bertz CT molecular complexity index is 702.